The number of carbonyl (C=O) groups is 3. The van der Waals surface area contributed by atoms with E-state index in [1.54, 1.807) is 42.5 Å². The summed E-state index contributed by atoms with van der Waals surface area (Å²) in [6.07, 6.45) is 2.35. The Morgan fingerprint density at radius 2 is 1.81 bits per heavy atom. The van der Waals surface area contributed by atoms with Gasteiger partial charge < -0.3 is 15.5 Å². The normalized spacial score (nSPS) is 20.9. The zero-order valence-electron chi connectivity index (χ0n) is 17.0. The fraction of sp³-hybridized carbons (Fsp3) is 0.348. The molecule has 0 bridgehead atoms. The van der Waals surface area contributed by atoms with Gasteiger partial charge in [0.05, 0.1) is 5.25 Å². The van der Waals surface area contributed by atoms with Crippen LogP contribution in [-0.2, 0) is 16.0 Å². The lowest BCUT2D eigenvalue weighted by molar-refractivity contribution is -0.126. The standard InChI is InChI=1S/C23H24FN3O3S/c24-18-6-2-1-5-16(18)13-20-22(29)26-19(14-31-20)21(28)25-17-9-7-15(8-10-17)23(30)27-11-3-4-12-27/h1-2,5-10,19-20H,3-4,11-14H2,(H,25,28)(H,26,29)/t19-,20-/m0/s1. The molecule has 3 amide bonds. The molecule has 2 aromatic carbocycles. The Balaban J connectivity index is 1.31. The van der Waals surface area contributed by atoms with Crippen LogP contribution in [0.1, 0.15) is 28.8 Å². The quantitative estimate of drug-likeness (QED) is 0.748. The van der Waals surface area contributed by atoms with E-state index in [4.69, 9.17) is 0 Å². The summed E-state index contributed by atoms with van der Waals surface area (Å²) in [7, 11) is 0. The summed E-state index contributed by atoms with van der Waals surface area (Å²) in [5, 5.41) is 5.09. The maximum absolute atomic E-state index is 13.9. The number of nitrogens with one attached hydrogen (secondary N) is 2. The molecule has 0 unspecified atom stereocenters. The Kier molecular flexibility index (Phi) is 6.56. The Morgan fingerprint density at radius 1 is 1.10 bits per heavy atom. The highest BCUT2D eigenvalue weighted by atomic mass is 32.2. The molecule has 8 heteroatoms. The number of anilines is 1. The summed E-state index contributed by atoms with van der Waals surface area (Å²) in [6, 6.07) is 12.5. The van der Waals surface area contributed by atoms with Crippen LogP contribution >= 0.6 is 11.8 Å². The van der Waals surface area contributed by atoms with Crippen molar-refractivity contribution in [1.82, 2.24) is 10.2 Å². The Hall–Kier alpha value is -2.87. The summed E-state index contributed by atoms with van der Waals surface area (Å²) >= 11 is 1.35. The lowest BCUT2D eigenvalue weighted by Gasteiger charge is -2.28. The molecule has 2 aromatic rings. The number of likely N-dealkylation sites (tertiary alicyclic amines) is 1. The average molecular weight is 442 g/mol. The molecule has 0 aromatic heterocycles. The smallest absolute Gasteiger partial charge is 0.253 e. The highest BCUT2D eigenvalue weighted by Gasteiger charge is 2.33. The van der Waals surface area contributed by atoms with Crippen LogP contribution in [0.4, 0.5) is 10.1 Å². The molecule has 2 saturated heterocycles. The second-order valence-electron chi connectivity index (χ2n) is 7.74. The molecule has 0 spiro atoms. The third kappa shape index (κ3) is 5.07. The van der Waals surface area contributed by atoms with Crippen molar-refractivity contribution in [3.8, 4) is 0 Å². The van der Waals surface area contributed by atoms with Gasteiger partial charge in [0.2, 0.25) is 11.8 Å². The second-order valence-corrected chi connectivity index (χ2v) is 8.98. The van der Waals surface area contributed by atoms with Crippen LogP contribution < -0.4 is 10.6 Å². The van der Waals surface area contributed by atoms with Gasteiger partial charge in [-0.15, -0.1) is 11.8 Å². The minimum Gasteiger partial charge on any atom is -0.343 e. The molecule has 0 radical (unpaired) electrons. The van der Waals surface area contributed by atoms with E-state index >= 15 is 0 Å². The minimum absolute atomic E-state index is 0.00668. The zero-order valence-corrected chi connectivity index (χ0v) is 17.8. The number of thioether (sulfide) groups is 1. The second kappa shape index (κ2) is 9.51. The number of nitrogens with zero attached hydrogens (tertiary/aromatic N) is 1. The first-order valence-corrected chi connectivity index (χ1v) is 11.4. The van der Waals surface area contributed by atoms with Crippen molar-refractivity contribution in [2.45, 2.75) is 30.6 Å². The fourth-order valence-corrected chi connectivity index (χ4v) is 4.96. The summed E-state index contributed by atoms with van der Waals surface area (Å²) in [5.74, 6) is -0.507. The molecule has 2 aliphatic heterocycles. The third-order valence-corrected chi connectivity index (χ3v) is 6.85. The van der Waals surface area contributed by atoms with Gasteiger partial charge in [-0.1, -0.05) is 18.2 Å². The number of amides is 3. The van der Waals surface area contributed by atoms with E-state index in [-0.39, 0.29) is 30.0 Å². The van der Waals surface area contributed by atoms with E-state index in [1.165, 1.54) is 17.8 Å². The molecule has 2 fully saturated rings. The van der Waals surface area contributed by atoms with E-state index in [9.17, 15) is 18.8 Å². The van der Waals surface area contributed by atoms with Gasteiger partial charge in [-0.05, 0) is 55.2 Å². The predicted octanol–water partition coefficient (Wildman–Crippen LogP) is 2.84. The van der Waals surface area contributed by atoms with E-state index in [0.717, 1.165) is 25.9 Å². The maximum atomic E-state index is 13.9. The molecule has 6 nitrogen and oxygen atoms in total. The minimum atomic E-state index is -0.666. The van der Waals surface area contributed by atoms with Crippen LogP contribution in [0, 0.1) is 5.82 Å². The first kappa shape index (κ1) is 21.4. The summed E-state index contributed by atoms with van der Waals surface area (Å²) in [6.45, 7) is 1.57. The van der Waals surface area contributed by atoms with Gasteiger partial charge >= 0.3 is 0 Å². The van der Waals surface area contributed by atoms with Crippen molar-refractivity contribution in [3.05, 3.63) is 65.5 Å². The third-order valence-electron chi connectivity index (χ3n) is 5.55. The molecule has 0 saturated carbocycles. The highest BCUT2D eigenvalue weighted by Crippen LogP contribution is 2.24. The van der Waals surface area contributed by atoms with Crippen molar-refractivity contribution in [2.24, 2.45) is 0 Å². The molecule has 2 aliphatic rings. The first-order valence-electron chi connectivity index (χ1n) is 10.4. The number of benzene rings is 2. The zero-order chi connectivity index (χ0) is 21.8. The number of halogens is 1. The van der Waals surface area contributed by atoms with Gasteiger partial charge in [-0.3, -0.25) is 14.4 Å². The van der Waals surface area contributed by atoms with Crippen molar-refractivity contribution < 1.29 is 18.8 Å². The van der Waals surface area contributed by atoms with E-state index in [1.807, 2.05) is 4.90 Å². The molecule has 4 rings (SSSR count). The van der Waals surface area contributed by atoms with E-state index in [2.05, 4.69) is 10.6 Å². The molecule has 31 heavy (non-hydrogen) atoms. The van der Waals surface area contributed by atoms with Gasteiger partial charge in [0, 0.05) is 30.1 Å². The molecular weight excluding hydrogens is 417 g/mol. The Labute approximate surface area is 184 Å². The van der Waals surface area contributed by atoms with Gasteiger partial charge in [0.1, 0.15) is 11.9 Å². The van der Waals surface area contributed by atoms with E-state index < -0.39 is 11.3 Å². The largest absolute Gasteiger partial charge is 0.343 e. The highest BCUT2D eigenvalue weighted by molar-refractivity contribution is 8.00. The van der Waals surface area contributed by atoms with Crippen LogP contribution in [0.2, 0.25) is 0 Å². The molecule has 0 aliphatic carbocycles. The SMILES string of the molecule is O=C(Nc1ccc(C(=O)N2CCCC2)cc1)[C@@H]1CS[C@@H](Cc2ccccc2F)C(=O)N1. The van der Waals surface area contributed by atoms with Crippen molar-refractivity contribution >= 4 is 35.2 Å². The topological polar surface area (TPSA) is 78.5 Å². The molecule has 162 valence electrons. The van der Waals surface area contributed by atoms with Gasteiger partial charge in [0.25, 0.3) is 5.91 Å². The van der Waals surface area contributed by atoms with Crippen LogP contribution in [0.25, 0.3) is 0 Å². The van der Waals surface area contributed by atoms with Crippen LogP contribution in [-0.4, -0.2) is 52.8 Å². The molecule has 2 heterocycles. The van der Waals surface area contributed by atoms with Crippen molar-refractivity contribution in [3.63, 3.8) is 0 Å². The number of rotatable bonds is 5. The number of carbonyl (C=O) groups excluding carboxylic acids is 3. The van der Waals surface area contributed by atoms with Gasteiger partial charge in [0.15, 0.2) is 0 Å². The number of hydrogen-bond donors (Lipinski definition) is 2. The monoisotopic (exact) mass is 441 g/mol. The maximum Gasteiger partial charge on any atom is 0.253 e. The summed E-state index contributed by atoms with van der Waals surface area (Å²) in [5.41, 5.74) is 1.65. The van der Waals surface area contributed by atoms with Crippen LogP contribution in [0.3, 0.4) is 0 Å². The van der Waals surface area contributed by atoms with Gasteiger partial charge in [-0.2, -0.15) is 0 Å². The molecular formula is C23H24FN3O3S. The molecule has 2 N–H and O–H groups in total. The van der Waals surface area contributed by atoms with Crippen LogP contribution in [0.5, 0.6) is 0 Å². The summed E-state index contributed by atoms with van der Waals surface area (Å²) < 4.78 is 13.9. The van der Waals surface area contributed by atoms with Crippen molar-refractivity contribution in [2.75, 3.05) is 24.2 Å². The Bertz CT molecular complexity index is 976. The fourth-order valence-electron chi connectivity index (χ4n) is 3.78. The van der Waals surface area contributed by atoms with Crippen molar-refractivity contribution in [1.29, 1.82) is 0 Å². The number of hydrogen-bond acceptors (Lipinski definition) is 4. The first-order chi connectivity index (χ1) is 15.0. The van der Waals surface area contributed by atoms with Gasteiger partial charge in [-0.25, -0.2) is 4.39 Å². The van der Waals surface area contributed by atoms with Crippen LogP contribution in [0.15, 0.2) is 48.5 Å². The van der Waals surface area contributed by atoms with E-state index in [0.29, 0.717) is 22.6 Å². The lowest BCUT2D eigenvalue weighted by Crippen LogP contribution is -2.52. The average Bonchev–Trinajstić information content (AvgIpc) is 3.31. The summed E-state index contributed by atoms with van der Waals surface area (Å²) in [4.78, 5) is 39.3. The lowest BCUT2D eigenvalue weighted by atomic mass is 10.1. The Morgan fingerprint density at radius 3 is 2.48 bits per heavy atom. The predicted molar refractivity (Wildman–Crippen MR) is 118 cm³/mol. The molecule has 2 atom stereocenters.